The standard InChI is InChI=1S/C12H11ClFNS/c1-2-3-9-7-16-12(15-9)10-6-8(13)4-5-11(10)14/h4-7H,2-3H2,1H3. The lowest BCUT2D eigenvalue weighted by Gasteiger charge is -1.99. The molecule has 0 unspecified atom stereocenters. The third kappa shape index (κ3) is 2.42. The SMILES string of the molecule is CCCc1csc(-c2cc(Cl)ccc2F)n1. The fourth-order valence-corrected chi connectivity index (χ4v) is 2.51. The minimum atomic E-state index is -0.276. The number of rotatable bonds is 3. The molecule has 2 rings (SSSR count). The average Bonchev–Trinajstić information content (AvgIpc) is 2.71. The summed E-state index contributed by atoms with van der Waals surface area (Å²) in [4.78, 5) is 4.39. The van der Waals surface area contributed by atoms with Crippen molar-refractivity contribution in [1.82, 2.24) is 4.98 Å². The van der Waals surface area contributed by atoms with Crippen LogP contribution in [0, 0.1) is 5.82 Å². The van der Waals surface area contributed by atoms with Crippen molar-refractivity contribution >= 4 is 22.9 Å². The molecule has 0 spiro atoms. The summed E-state index contributed by atoms with van der Waals surface area (Å²) in [5, 5.41) is 3.20. The Morgan fingerprint density at radius 2 is 2.25 bits per heavy atom. The minimum absolute atomic E-state index is 0.276. The molecule has 0 aliphatic carbocycles. The van der Waals surface area contributed by atoms with E-state index in [0.717, 1.165) is 18.5 Å². The molecular weight excluding hydrogens is 245 g/mol. The van der Waals surface area contributed by atoms with Crippen LogP contribution in [0.2, 0.25) is 5.02 Å². The number of aromatic nitrogens is 1. The maximum absolute atomic E-state index is 13.6. The summed E-state index contributed by atoms with van der Waals surface area (Å²) in [6.07, 6.45) is 1.97. The molecule has 0 saturated carbocycles. The van der Waals surface area contributed by atoms with Gasteiger partial charge < -0.3 is 0 Å². The topological polar surface area (TPSA) is 12.9 Å². The van der Waals surface area contributed by atoms with Gasteiger partial charge in [0, 0.05) is 16.0 Å². The van der Waals surface area contributed by atoms with E-state index >= 15 is 0 Å². The molecule has 1 aromatic carbocycles. The third-order valence-electron chi connectivity index (χ3n) is 2.22. The van der Waals surface area contributed by atoms with Crippen LogP contribution in [0.25, 0.3) is 10.6 Å². The van der Waals surface area contributed by atoms with Crippen molar-refractivity contribution in [3.8, 4) is 10.6 Å². The number of halogens is 2. The first-order valence-corrected chi connectivity index (χ1v) is 6.36. The lowest BCUT2D eigenvalue weighted by Crippen LogP contribution is -1.86. The van der Waals surface area contributed by atoms with E-state index in [-0.39, 0.29) is 5.82 Å². The van der Waals surface area contributed by atoms with Crippen LogP contribution in [0.5, 0.6) is 0 Å². The highest BCUT2D eigenvalue weighted by atomic mass is 35.5. The number of hydrogen-bond donors (Lipinski definition) is 0. The molecule has 0 radical (unpaired) electrons. The number of thiazole rings is 1. The van der Waals surface area contributed by atoms with Gasteiger partial charge in [0.2, 0.25) is 0 Å². The predicted octanol–water partition coefficient (Wildman–Crippen LogP) is 4.56. The van der Waals surface area contributed by atoms with Crippen molar-refractivity contribution in [3.05, 3.63) is 40.1 Å². The van der Waals surface area contributed by atoms with Crippen molar-refractivity contribution in [2.24, 2.45) is 0 Å². The molecular formula is C12H11ClFNS. The number of nitrogens with zero attached hydrogens (tertiary/aromatic N) is 1. The second-order valence-corrected chi connectivity index (χ2v) is 4.81. The van der Waals surface area contributed by atoms with Crippen molar-refractivity contribution in [1.29, 1.82) is 0 Å². The fourth-order valence-electron chi connectivity index (χ4n) is 1.46. The maximum Gasteiger partial charge on any atom is 0.133 e. The van der Waals surface area contributed by atoms with Crippen LogP contribution in [-0.4, -0.2) is 4.98 Å². The van der Waals surface area contributed by atoms with Gasteiger partial charge in [-0.05, 0) is 24.6 Å². The van der Waals surface area contributed by atoms with E-state index in [1.165, 1.54) is 17.4 Å². The molecule has 1 nitrogen and oxygen atoms in total. The fraction of sp³-hybridized carbons (Fsp3) is 0.250. The highest BCUT2D eigenvalue weighted by Crippen LogP contribution is 2.28. The Hall–Kier alpha value is -0.930. The predicted molar refractivity (Wildman–Crippen MR) is 66.5 cm³/mol. The average molecular weight is 256 g/mol. The van der Waals surface area contributed by atoms with Gasteiger partial charge in [0.15, 0.2) is 0 Å². The van der Waals surface area contributed by atoms with Gasteiger partial charge in [-0.2, -0.15) is 0 Å². The lowest BCUT2D eigenvalue weighted by atomic mass is 10.2. The van der Waals surface area contributed by atoms with Gasteiger partial charge in [-0.3, -0.25) is 0 Å². The van der Waals surface area contributed by atoms with Gasteiger partial charge in [-0.25, -0.2) is 9.37 Å². The molecule has 0 fully saturated rings. The van der Waals surface area contributed by atoms with Crippen LogP contribution in [0.1, 0.15) is 19.0 Å². The molecule has 1 heterocycles. The highest BCUT2D eigenvalue weighted by molar-refractivity contribution is 7.13. The van der Waals surface area contributed by atoms with Crippen LogP contribution in [0.3, 0.4) is 0 Å². The van der Waals surface area contributed by atoms with E-state index in [1.807, 2.05) is 5.38 Å². The monoisotopic (exact) mass is 255 g/mol. The summed E-state index contributed by atoms with van der Waals surface area (Å²) in [5.41, 5.74) is 1.50. The molecule has 1 aromatic heterocycles. The van der Waals surface area contributed by atoms with Crippen molar-refractivity contribution in [2.75, 3.05) is 0 Å². The van der Waals surface area contributed by atoms with Crippen LogP contribution >= 0.6 is 22.9 Å². The molecule has 0 N–H and O–H groups in total. The Kier molecular flexibility index (Phi) is 3.56. The number of hydrogen-bond acceptors (Lipinski definition) is 2. The normalized spacial score (nSPS) is 10.7. The van der Waals surface area contributed by atoms with Crippen molar-refractivity contribution in [3.63, 3.8) is 0 Å². The van der Waals surface area contributed by atoms with Crippen LogP contribution < -0.4 is 0 Å². The first-order chi connectivity index (χ1) is 7.70. The summed E-state index contributed by atoms with van der Waals surface area (Å²) >= 11 is 7.30. The molecule has 16 heavy (non-hydrogen) atoms. The Labute approximate surface area is 103 Å². The summed E-state index contributed by atoms with van der Waals surface area (Å²) in [6, 6.07) is 4.53. The first kappa shape index (κ1) is 11.6. The number of aryl methyl sites for hydroxylation is 1. The Morgan fingerprint density at radius 3 is 3.00 bits per heavy atom. The molecule has 0 saturated heterocycles. The van der Waals surface area contributed by atoms with E-state index in [9.17, 15) is 4.39 Å². The zero-order chi connectivity index (χ0) is 11.5. The quantitative estimate of drug-likeness (QED) is 0.784. The van der Waals surface area contributed by atoms with Gasteiger partial charge in [0.25, 0.3) is 0 Å². The molecule has 84 valence electrons. The van der Waals surface area contributed by atoms with Gasteiger partial charge in [0.05, 0.1) is 5.69 Å². The van der Waals surface area contributed by atoms with E-state index < -0.39 is 0 Å². The van der Waals surface area contributed by atoms with Crippen molar-refractivity contribution in [2.45, 2.75) is 19.8 Å². The molecule has 0 aliphatic rings. The summed E-state index contributed by atoms with van der Waals surface area (Å²) in [7, 11) is 0. The summed E-state index contributed by atoms with van der Waals surface area (Å²) in [6.45, 7) is 2.10. The van der Waals surface area contributed by atoms with E-state index in [1.54, 1.807) is 12.1 Å². The molecule has 2 aromatic rings. The smallest absolute Gasteiger partial charge is 0.133 e. The zero-order valence-electron chi connectivity index (χ0n) is 8.84. The van der Waals surface area contributed by atoms with E-state index in [0.29, 0.717) is 15.6 Å². The molecule has 4 heteroatoms. The molecule has 0 bridgehead atoms. The summed E-state index contributed by atoms with van der Waals surface area (Å²) in [5.74, 6) is -0.276. The molecule has 0 aliphatic heterocycles. The zero-order valence-corrected chi connectivity index (χ0v) is 10.4. The summed E-state index contributed by atoms with van der Waals surface area (Å²) < 4.78 is 13.6. The Balaban J connectivity index is 2.38. The molecule has 0 amide bonds. The highest BCUT2D eigenvalue weighted by Gasteiger charge is 2.09. The van der Waals surface area contributed by atoms with Crippen LogP contribution in [-0.2, 0) is 6.42 Å². The third-order valence-corrected chi connectivity index (χ3v) is 3.38. The number of benzene rings is 1. The second kappa shape index (κ2) is 4.93. The Morgan fingerprint density at radius 1 is 1.44 bits per heavy atom. The van der Waals surface area contributed by atoms with Gasteiger partial charge in [0.1, 0.15) is 10.8 Å². The second-order valence-electron chi connectivity index (χ2n) is 3.52. The van der Waals surface area contributed by atoms with Crippen molar-refractivity contribution < 1.29 is 4.39 Å². The van der Waals surface area contributed by atoms with Gasteiger partial charge >= 0.3 is 0 Å². The van der Waals surface area contributed by atoms with Gasteiger partial charge in [-0.15, -0.1) is 11.3 Å². The minimum Gasteiger partial charge on any atom is -0.241 e. The van der Waals surface area contributed by atoms with Crippen LogP contribution in [0.4, 0.5) is 4.39 Å². The molecule has 0 atom stereocenters. The van der Waals surface area contributed by atoms with Crippen LogP contribution in [0.15, 0.2) is 23.6 Å². The first-order valence-electron chi connectivity index (χ1n) is 5.10. The van der Waals surface area contributed by atoms with E-state index in [2.05, 4.69) is 11.9 Å². The van der Waals surface area contributed by atoms with E-state index in [4.69, 9.17) is 11.6 Å². The maximum atomic E-state index is 13.6. The largest absolute Gasteiger partial charge is 0.241 e. The lowest BCUT2D eigenvalue weighted by molar-refractivity contribution is 0.631. The Bertz CT molecular complexity index is 496. The van der Waals surface area contributed by atoms with Gasteiger partial charge in [-0.1, -0.05) is 24.9 Å².